The van der Waals surface area contributed by atoms with Gasteiger partial charge in [-0.05, 0) is 30.0 Å². The Labute approximate surface area is 97.7 Å². The lowest BCUT2D eigenvalue weighted by atomic mass is 10.2. The molecule has 2 heterocycles. The van der Waals surface area contributed by atoms with Crippen LogP contribution < -0.4 is 0 Å². The minimum absolute atomic E-state index is 0.211. The Hall–Kier alpha value is -0.870. The molecule has 0 N–H and O–H groups in total. The molecule has 2 aromatic rings. The number of hydrogen-bond acceptors (Lipinski definition) is 3. The fourth-order valence-corrected chi connectivity index (χ4v) is 2.64. The predicted molar refractivity (Wildman–Crippen MR) is 62.5 cm³/mol. The molecule has 0 saturated heterocycles. The van der Waals surface area contributed by atoms with Crippen molar-refractivity contribution in [3.8, 4) is 0 Å². The molecule has 3 nitrogen and oxygen atoms in total. The molecule has 0 spiro atoms. The summed E-state index contributed by atoms with van der Waals surface area (Å²) in [5.74, 6) is 0.931. The summed E-state index contributed by atoms with van der Waals surface area (Å²) in [5, 5.41) is 10.5. The van der Waals surface area contributed by atoms with E-state index in [4.69, 9.17) is 11.6 Å². The van der Waals surface area contributed by atoms with Gasteiger partial charge in [0.1, 0.15) is 5.82 Å². The third kappa shape index (κ3) is 1.92. The van der Waals surface area contributed by atoms with Crippen molar-refractivity contribution in [2.45, 2.75) is 26.3 Å². The third-order valence-electron chi connectivity index (χ3n) is 2.38. The number of nitrogens with zero attached hydrogens (tertiary/aromatic N) is 3. The van der Waals surface area contributed by atoms with Gasteiger partial charge >= 0.3 is 0 Å². The molecule has 2 aromatic heterocycles. The van der Waals surface area contributed by atoms with E-state index in [9.17, 15) is 0 Å². The minimum atomic E-state index is 0.211. The predicted octanol–water partition coefficient (Wildman–Crippen LogP) is 3.16. The van der Waals surface area contributed by atoms with Crippen LogP contribution in [0.3, 0.4) is 0 Å². The average Bonchev–Trinajstić information content (AvgIpc) is 2.85. The van der Waals surface area contributed by atoms with E-state index in [1.165, 1.54) is 4.88 Å². The highest BCUT2D eigenvalue weighted by Gasteiger charge is 2.16. The van der Waals surface area contributed by atoms with E-state index in [1.807, 2.05) is 10.6 Å². The van der Waals surface area contributed by atoms with E-state index < -0.39 is 0 Å². The lowest BCUT2D eigenvalue weighted by Crippen LogP contribution is -2.09. The van der Waals surface area contributed by atoms with Gasteiger partial charge in [0.15, 0.2) is 0 Å². The second-order valence-electron chi connectivity index (χ2n) is 3.30. The maximum atomic E-state index is 6.03. The van der Waals surface area contributed by atoms with E-state index in [2.05, 4.69) is 35.5 Å². The van der Waals surface area contributed by atoms with Crippen LogP contribution in [-0.2, 0) is 6.42 Å². The van der Waals surface area contributed by atoms with Crippen LogP contribution in [-0.4, -0.2) is 14.8 Å². The maximum absolute atomic E-state index is 6.03. The fourth-order valence-electron chi connectivity index (χ4n) is 1.58. The zero-order valence-electron chi connectivity index (χ0n) is 8.64. The standard InChI is InChI=1S/C10H12ClN3S/c1-3-9-12-13-10(11)14(9)7(2)8-5-4-6-15-8/h4-7H,3H2,1-2H3. The zero-order valence-corrected chi connectivity index (χ0v) is 10.2. The Morgan fingerprint density at radius 3 is 2.93 bits per heavy atom. The molecule has 0 amide bonds. The topological polar surface area (TPSA) is 30.7 Å². The fraction of sp³-hybridized carbons (Fsp3) is 0.400. The number of rotatable bonds is 3. The highest BCUT2D eigenvalue weighted by atomic mass is 35.5. The number of hydrogen-bond donors (Lipinski definition) is 0. The molecule has 0 aliphatic rings. The van der Waals surface area contributed by atoms with Gasteiger partial charge in [-0.15, -0.1) is 21.5 Å². The summed E-state index contributed by atoms with van der Waals surface area (Å²) < 4.78 is 1.98. The summed E-state index contributed by atoms with van der Waals surface area (Å²) in [6.45, 7) is 4.16. The van der Waals surface area contributed by atoms with Crippen molar-refractivity contribution >= 4 is 22.9 Å². The maximum Gasteiger partial charge on any atom is 0.225 e. The van der Waals surface area contributed by atoms with Gasteiger partial charge in [-0.25, -0.2) is 0 Å². The van der Waals surface area contributed by atoms with Gasteiger partial charge in [-0.1, -0.05) is 13.0 Å². The van der Waals surface area contributed by atoms with E-state index in [-0.39, 0.29) is 6.04 Å². The first kappa shape index (κ1) is 10.6. The molecule has 0 aliphatic carbocycles. The van der Waals surface area contributed by atoms with E-state index >= 15 is 0 Å². The first-order chi connectivity index (χ1) is 7.24. The van der Waals surface area contributed by atoms with Crippen molar-refractivity contribution in [1.82, 2.24) is 14.8 Å². The van der Waals surface area contributed by atoms with Crippen LogP contribution in [0.25, 0.3) is 0 Å². The second-order valence-corrected chi connectivity index (χ2v) is 4.62. The normalized spacial score (nSPS) is 13.0. The Balaban J connectivity index is 2.40. The van der Waals surface area contributed by atoms with E-state index in [1.54, 1.807) is 11.3 Å². The van der Waals surface area contributed by atoms with Gasteiger partial charge in [0.2, 0.25) is 5.28 Å². The number of aryl methyl sites for hydroxylation is 1. The Morgan fingerprint density at radius 2 is 2.33 bits per heavy atom. The van der Waals surface area contributed by atoms with Gasteiger partial charge in [0.25, 0.3) is 0 Å². The molecule has 1 unspecified atom stereocenters. The average molecular weight is 242 g/mol. The summed E-state index contributed by atoms with van der Waals surface area (Å²) in [4.78, 5) is 1.27. The Morgan fingerprint density at radius 1 is 1.53 bits per heavy atom. The molecule has 15 heavy (non-hydrogen) atoms. The van der Waals surface area contributed by atoms with Crippen molar-refractivity contribution in [3.05, 3.63) is 33.5 Å². The van der Waals surface area contributed by atoms with Crippen molar-refractivity contribution in [2.24, 2.45) is 0 Å². The Bertz CT molecular complexity index is 435. The number of halogens is 1. The minimum Gasteiger partial charge on any atom is -0.294 e. The molecule has 0 aliphatic heterocycles. The first-order valence-electron chi connectivity index (χ1n) is 4.86. The van der Waals surface area contributed by atoms with Gasteiger partial charge in [0, 0.05) is 11.3 Å². The molecule has 80 valence electrons. The van der Waals surface area contributed by atoms with Crippen LogP contribution in [0, 0.1) is 0 Å². The van der Waals surface area contributed by atoms with Crippen LogP contribution in [0.15, 0.2) is 17.5 Å². The highest BCUT2D eigenvalue weighted by Crippen LogP contribution is 2.26. The largest absolute Gasteiger partial charge is 0.294 e. The molecule has 0 bridgehead atoms. The van der Waals surface area contributed by atoms with Crippen LogP contribution in [0.5, 0.6) is 0 Å². The van der Waals surface area contributed by atoms with Crippen LogP contribution in [0.1, 0.15) is 30.6 Å². The van der Waals surface area contributed by atoms with Crippen LogP contribution >= 0.6 is 22.9 Å². The summed E-state index contributed by atoms with van der Waals surface area (Å²) in [7, 11) is 0. The van der Waals surface area contributed by atoms with Crippen molar-refractivity contribution in [3.63, 3.8) is 0 Å². The van der Waals surface area contributed by atoms with Crippen molar-refractivity contribution < 1.29 is 0 Å². The smallest absolute Gasteiger partial charge is 0.225 e. The van der Waals surface area contributed by atoms with Gasteiger partial charge < -0.3 is 0 Å². The molecular weight excluding hydrogens is 230 g/mol. The zero-order chi connectivity index (χ0) is 10.8. The monoisotopic (exact) mass is 241 g/mol. The third-order valence-corrected chi connectivity index (χ3v) is 3.68. The second kappa shape index (κ2) is 4.33. The number of thiophene rings is 1. The first-order valence-corrected chi connectivity index (χ1v) is 6.12. The molecule has 0 aromatic carbocycles. The highest BCUT2D eigenvalue weighted by molar-refractivity contribution is 7.10. The summed E-state index contributed by atoms with van der Waals surface area (Å²) in [6.07, 6.45) is 0.843. The van der Waals surface area contributed by atoms with Gasteiger partial charge in [-0.3, -0.25) is 4.57 Å². The molecule has 5 heteroatoms. The molecular formula is C10H12ClN3S. The number of aromatic nitrogens is 3. The van der Waals surface area contributed by atoms with Crippen LogP contribution in [0.2, 0.25) is 5.28 Å². The lowest BCUT2D eigenvalue weighted by molar-refractivity contribution is 0.615. The van der Waals surface area contributed by atoms with Crippen molar-refractivity contribution in [2.75, 3.05) is 0 Å². The molecule has 1 atom stereocenters. The lowest BCUT2D eigenvalue weighted by Gasteiger charge is -2.14. The summed E-state index contributed by atoms with van der Waals surface area (Å²) in [6, 6.07) is 4.35. The molecule has 0 radical (unpaired) electrons. The van der Waals surface area contributed by atoms with E-state index in [0.717, 1.165) is 12.2 Å². The summed E-state index contributed by atoms with van der Waals surface area (Å²) >= 11 is 7.75. The van der Waals surface area contributed by atoms with Crippen LogP contribution in [0.4, 0.5) is 0 Å². The quantitative estimate of drug-likeness (QED) is 0.827. The van der Waals surface area contributed by atoms with Gasteiger partial charge in [-0.2, -0.15) is 0 Å². The van der Waals surface area contributed by atoms with E-state index in [0.29, 0.717) is 5.28 Å². The summed E-state index contributed by atoms with van der Waals surface area (Å²) in [5.41, 5.74) is 0. The molecule has 2 rings (SSSR count). The van der Waals surface area contributed by atoms with Crippen molar-refractivity contribution in [1.29, 1.82) is 0 Å². The SMILES string of the molecule is CCc1nnc(Cl)n1C(C)c1cccs1. The van der Waals surface area contributed by atoms with Gasteiger partial charge in [0.05, 0.1) is 6.04 Å². The molecule has 0 saturated carbocycles. The molecule has 0 fully saturated rings. The Kier molecular flexibility index (Phi) is 3.07.